The molecule has 1 aliphatic rings. The zero-order chi connectivity index (χ0) is 14.7. The lowest BCUT2D eigenvalue weighted by molar-refractivity contribution is 0.523. The summed E-state index contributed by atoms with van der Waals surface area (Å²) in [5.41, 5.74) is 1.98. The first-order valence-corrected chi connectivity index (χ1v) is 7.30. The number of nitrogens with one attached hydrogen (secondary N) is 1. The highest BCUT2D eigenvalue weighted by Gasteiger charge is 2.21. The van der Waals surface area contributed by atoms with Gasteiger partial charge in [-0.05, 0) is 32.8 Å². The second-order valence-corrected chi connectivity index (χ2v) is 5.47. The Hall–Kier alpha value is -2.24. The molecule has 6 heteroatoms. The molecular formula is C15H20N6. The van der Waals surface area contributed by atoms with Gasteiger partial charge in [0.25, 0.3) is 0 Å². The van der Waals surface area contributed by atoms with Crippen molar-refractivity contribution in [3.8, 4) is 0 Å². The molecule has 1 unspecified atom stereocenters. The zero-order valence-electron chi connectivity index (χ0n) is 12.5. The number of aromatic nitrogens is 4. The van der Waals surface area contributed by atoms with Crippen LogP contribution in [-0.2, 0) is 0 Å². The van der Waals surface area contributed by atoms with Crippen LogP contribution < -0.4 is 10.2 Å². The van der Waals surface area contributed by atoms with Crippen LogP contribution in [0, 0.1) is 13.8 Å². The van der Waals surface area contributed by atoms with Gasteiger partial charge in [-0.25, -0.2) is 19.9 Å². The van der Waals surface area contributed by atoms with Gasteiger partial charge >= 0.3 is 0 Å². The summed E-state index contributed by atoms with van der Waals surface area (Å²) in [6, 6.07) is 4.28. The Kier molecular flexibility index (Phi) is 3.94. The molecule has 0 spiro atoms. The molecule has 0 radical (unpaired) electrons. The first-order chi connectivity index (χ1) is 10.2. The molecule has 3 rings (SSSR count). The van der Waals surface area contributed by atoms with Gasteiger partial charge < -0.3 is 10.2 Å². The summed E-state index contributed by atoms with van der Waals surface area (Å²) < 4.78 is 0. The van der Waals surface area contributed by atoms with E-state index in [1.54, 1.807) is 12.5 Å². The van der Waals surface area contributed by atoms with Crippen LogP contribution in [0.25, 0.3) is 0 Å². The molecule has 0 aromatic carbocycles. The van der Waals surface area contributed by atoms with Crippen LogP contribution in [0.3, 0.4) is 0 Å². The monoisotopic (exact) mass is 284 g/mol. The molecule has 6 nitrogen and oxygen atoms in total. The maximum absolute atomic E-state index is 4.41. The number of anilines is 2. The number of rotatable bonds is 3. The van der Waals surface area contributed by atoms with E-state index in [4.69, 9.17) is 0 Å². The van der Waals surface area contributed by atoms with Crippen molar-refractivity contribution in [3.63, 3.8) is 0 Å². The molecule has 3 heterocycles. The third-order valence-corrected chi connectivity index (χ3v) is 3.66. The average Bonchev–Trinajstić information content (AvgIpc) is 2.47. The van der Waals surface area contributed by atoms with Gasteiger partial charge in [-0.15, -0.1) is 0 Å². The fourth-order valence-electron chi connectivity index (χ4n) is 2.62. The first kappa shape index (κ1) is 13.7. The van der Waals surface area contributed by atoms with Gasteiger partial charge in [0.05, 0.1) is 0 Å². The third kappa shape index (κ3) is 3.45. The first-order valence-electron chi connectivity index (χ1n) is 7.30. The van der Waals surface area contributed by atoms with Crippen LogP contribution in [0.2, 0.25) is 0 Å². The Labute approximate surface area is 124 Å². The minimum absolute atomic E-state index is 0.343. The summed E-state index contributed by atoms with van der Waals surface area (Å²) in [4.78, 5) is 19.5. The van der Waals surface area contributed by atoms with Gasteiger partial charge in [-0.1, -0.05) is 0 Å². The standard InChI is InChI=1S/C15H20N6/c1-11-5-6-16-15(19-11)20-13-4-3-7-21(9-13)14-8-12(2)17-10-18-14/h5-6,8,10,13H,3-4,7,9H2,1-2H3,(H,16,19,20). The third-order valence-electron chi connectivity index (χ3n) is 3.66. The Morgan fingerprint density at radius 3 is 2.90 bits per heavy atom. The van der Waals surface area contributed by atoms with Crippen molar-refractivity contribution in [2.75, 3.05) is 23.3 Å². The molecule has 0 bridgehead atoms. The predicted molar refractivity (Wildman–Crippen MR) is 82.4 cm³/mol. The van der Waals surface area contributed by atoms with E-state index in [1.807, 2.05) is 26.0 Å². The van der Waals surface area contributed by atoms with Crippen molar-refractivity contribution in [1.82, 2.24) is 19.9 Å². The van der Waals surface area contributed by atoms with Crippen molar-refractivity contribution in [2.24, 2.45) is 0 Å². The predicted octanol–water partition coefficient (Wildman–Crippen LogP) is 1.96. The second kappa shape index (κ2) is 6.03. The quantitative estimate of drug-likeness (QED) is 0.929. The van der Waals surface area contributed by atoms with Crippen LogP contribution in [0.5, 0.6) is 0 Å². The molecule has 0 aliphatic carbocycles. The van der Waals surface area contributed by atoms with E-state index in [1.165, 1.54) is 0 Å². The number of nitrogens with zero attached hydrogens (tertiary/aromatic N) is 5. The maximum Gasteiger partial charge on any atom is 0.223 e. The number of aryl methyl sites for hydroxylation is 2. The fraction of sp³-hybridized carbons (Fsp3) is 0.467. The summed E-state index contributed by atoms with van der Waals surface area (Å²) in [6.45, 7) is 5.91. The smallest absolute Gasteiger partial charge is 0.223 e. The Balaban J connectivity index is 1.68. The van der Waals surface area contributed by atoms with E-state index in [0.717, 1.165) is 43.1 Å². The number of hydrogen-bond acceptors (Lipinski definition) is 6. The van der Waals surface area contributed by atoms with Gasteiger partial charge in [0.1, 0.15) is 12.1 Å². The zero-order valence-corrected chi connectivity index (χ0v) is 12.5. The van der Waals surface area contributed by atoms with Crippen LogP contribution in [0.4, 0.5) is 11.8 Å². The molecule has 110 valence electrons. The Morgan fingerprint density at radius 2 is 2.10 bits per heavy atom. The Bertz CT molecular complexity index is 615. The summed E-state index contributed by atoms with van der Waals surface area (Å²) in [6.07, 6.45) is 5.68. The van der Waals surface area contributed by atoms with E-state index in [0.29, 0.717) is 12.0 Å². The van der Waals surface area contributed by atoms with Crippen molar-refractivity contribution >= 4 is 11.8 Å². The highest BCUT2D eigenvalue weighted by atomic mass is 15.2. The summed E-state index contributed by atoms with van der Waals surface area (Å²) in [5.74, 6) is 1.71. The van der Waals surface area contributed by atoms with Crippen LogP contribution in [0.1, 0.15) is 24.2 Å². The molecule has 1 saturated heterocycles. The highest BCUT2D eigenvalue weighted by Crippen LogP contribution is 2.19. The summed E-state index contributed by atoms with van der Waals surface area (Å²) in [7, 11) is 0. The van der Waals surface area contributed by atoms with Gasteiger partial charge in [0.2, 0.25) is 5.95 Å². The lowest BCUT2D eigenvalue weighted by Gasteiger charge is -2.34. The topological polar surface area (TPSA) is 66.8 Å². The van der Waals surface area contributed by atoms with Crippen LogP contribution >= 0.6 is 0 Å². The molecule has 1 atom stereocenters. The van der Waals surface area contributed by atoms with E-state index < -0.39 is 0 Å². The summed E-state index contributed by atoms with van der Waals surface area (Å²) in [5, 5.41) is 3.43. The van der Waals surface area contributed by atoms with Gasteiger partial charge in [-0.2, -0.15) is 0 Å². The normalized spacial score (nSPS) is 18.6. The van der Waals surface area contributed by atoms with Gasteiger partial charge in [0.15, 0.2) is 0 Å². The molecule has 1 aliphatic heterocycles. The molecule has 1 N–H and O–H groups in total. The molecule has 0 amide bonds. The highest BCUT2D eigenvalue weighted by molar-refractivity contribution is 5.40. The number of hydrogen-bond donors (Lipinski definition) is 1. The lowest BCUT2D eigenvalue weighted by Crippen LogP contribution is -2.42. The molecule has 2 aromatic heterocycles. The molecule has 21 heavy (non-hydrogen) atoms. The van der Waals surface area contributed by atoms with Crippen LogP contribution in [-0.4, -0.2) is 39.1 Å². The SMILES string of the molecule is Cc1cc(N2CCCC(Nc3nccc(C)n3)C2)ncn1. The minimum atomic E-state index is 0.343. The average molecular weight is 284 g/mol. The van der Waals surface area contributed by atoms with E-state index in [2.05, 4.69) is 30.2 Å². The molecular weight excluding hydrogens is 264 g/mol. The van der Waals surface area contributed by atoms with Crippen molar-refractivity contribution < 1.29 is 0 Å². The minimum Gasteiger partial charge on any atom is -0.354 e. The van der Waals surface area contributed by atoms with Crippen molar-refractivity contribution in [2.45, 2.75) is 32.7 Å². The molecule has 1 fully saturated rings. The van der Waals surface area contributed by atoms with Crippen molar-refractivity contribution in [1.29, 1.82) is 0 Å². The maximum atomic E-state index is 4.41. The second-order valence-electron chi connectivity index (χ2n) is 5.47. The van der Waals surface area contributed by atoms with Crippen molar-refractivity contribution in [3.05, 3.63) is 36.0 Å². The number of piperidine rings is 1. The fourth-order valence-corrected chi connectivity index (χ4v) is 2.62. The molecule has 0 saturated carbocycles. The summed E-state index contributed by atoms with van der Waals surface area (Å²) >= 11 is 0. The van der Waals surface area contributed by atoms with Gasteiger partial charge in [0, 0.05) is 42.8 Å². The van der Waals surface area contributed by atoms with Crippen LogP contribution in [0.15, 0.2) is 24.7 Å². The van der Waals surface area contributed by atoms with E-state index in [-0.39, 0.29) is 0 Å². The Morgan fingerprint density at radius 1 is 1.19 bits per heavy atom. The van der Waals surface area contributed by atoms with Gasteiger partial charge in [-0.3, -0.25) is 0 Å². The largest absolute Gasteiger partial charge is 0.354 e. The van der Waals surface area contributed by atoms with E-state index >= 15 is 0 Å². The van der Waals surface area contributed by atoms with E-state index in [9.17, 15) is 0 Å². The lowest BCUT2D eigenvalue weighted by atomic mass is 10.1. The molecule has 2 aromatic rings.